The van der Waals surface area contributed by atoms with Crippen molar-refractivity contribution in [1.29, 1.82) is 0 Å². The molecule has 1 N–H and O–H groups in total. The van der Waals surface area contributed by atoms with E-state index in [4.69, 9.17) is 4.74 Å². The molecule has 2 unspecified atom stereocenters. The Balaban J connectivity index is 1.91. The Kier molecular flexibility index (Phi) is 3.89. The van der Waals surface area contributed by atoms with Gasteiger partial charge in [0.05, 0.1) is 11.5 Å². The molecule has 1 fully saturated rings. The van der Waals surface area contributed by atoms with Crippen molar-refractivity contribution >= 4 is 29.9 Å². The van der Waals surface area contributed by atoms with E-state index in [1.54, 1.807) is 6.07 Å². The van der Waals surface area contributed by atoms with E-state index in [2.05, 4.69) is 17.9 Å². The Morgan fingerprint density at radius 1 is 1.75 bits per heavy atom. The lowest BCUT2D eigenvalue weighted by molar-refractivity contribution is 0.0926. The standard InChI is InChI=1S/C11H15NO2S2/c1-7(8-2-3-14-5-8)12-11(13)10-4-9(15)6-16-10/h4,6-8,15H,2-3,5H2,1H3,(H,12,13). The van der Waals surface area contributed by atoms with Crippen molar-refractivity contribution in [3.8, 4) is 0 Å². The minimum Gasteiger partial charge on any atom is -0.381 e. The maximum Gasteiger partial charge on any atom is 0.261 e. The average Bonchev–Trinajstić information content (AvgIpc) is 2.87. The number of thiol groups is 1. The molecule has 1 saturated heterocycles. The van der Waals surface area contributed by atoms with E-state index in [-0.39, 0.29) is 11.9 Å². The predicted octanol–water partition coefficient (Wildman–Crippen LogP) is 2.19. The van der Waals surface area contributed by atoms with Crippen LogP contribution in [0.5, 0.6) is 0 Å². The molecule has 88 valence electrons. The van der Waals surface area contributed by atoms with Gasteiger partial charge in [-0.25, -0.2) is 0 Å². The summed E-state index contributed by atoms with van der Waals surface area (Å²) in [5.41, 5.74) is 0. The third-order valence-electron chi connectivity index (χ3n) is 2.84. The van der Waals surface area contributed by atoms with Crippen molar-refractivity contribution in [2.75, 3.05) is 13.2 Å². The van der Waals surface area contributed by atoms with Crippen LogP contribution < -0.4 is 5.32 Å². The second-order valence-electron chi connectivity index (χ2n) is 4.05. The Morgan fingerprint density at radius 2 is 2.56 bits per heavy atom. The minimum atomic E-state index is -0.00954. The monoisotopic (exact) mass is 257 g/mol. The first kappa shape index (κ1) is 12.0. The van der Waals surface area contributed by atoms with Crippen LogP contribution in [0.2, 0.25) is 0 Å². The van der Waals surface area contributed by atoms with E-state index < -0.39 is 0 Å². The number of carbonyl (C=O) groups is 1. The first-order chi connectivity index (χ1) is 7.66. The van der Waals surface area contributed by atoms with E-state index in [1.807, 2.05) is 12.3 Å². The van der Waals surface area contributed by atoms with Crippen LogP contribution in [0, 0.1) is 5.92 Å². The van der Waals surface area contributed by atoms with Gasteiger partial charge >= 0.3 is 0 Å². The zero-order chi connectivity index (χ0) is 11.5. The molecule has 0 saturated carbocycles. The number of thiophene rings is 1. The summed E-state index contributed by atoms with van der Waals surface area (Å²) < 4.78 is 5.31. The third kappa shape index (κ3) is 2.78. The third-order valence-corrected chi connectivity index (χ3v) is 4.20. The molecule has 0 bridgehead atoms. The number of rotatable bonds is 3. The van der Waals surface area contributed by atoms with Gasteiger partial charge < -0.3 is 10.1 Å². The molecule has 1 aliphatic rings. The van der Waals surface area contributed by atoms with Gasteiger partial charge in [0, 0.05) is 28.8 Å². The van der Waals surface area contributed by atoms with Crippen LogP contribution in [0.25, 0.3) is 0 Å². The zero-order valence-corrected chi connectivity index (χ0v) is 10.8. The molecule has 16 heavy (non-hydrogen) atoms. The molecule has 2 atom stereocenters. The maximum absolute atomic E-state index is 11.8. The summed E-state index contributed by atoms with van der Waals surface area (Å²) in [4.78, 5) is 13.4. The topological polar surface area (TPSA) is 38.3 Å². The smallest absolute Gasteiger partial charge is 0.261 e. The maximum atomic E-state index is 11.8. The molecule has 1 amide bonds. The van der Waals surface area contributed by atoms with Gasteiger partial charge in [-0.3, -0.25) is 4.79 Å². The molecule has 0 aliphatic carbocycles. The molecule has 0 spiro atoms. The van der Waals surface area contributed by atoms with Crippen LogP contribution in [-0.4, -0.2) is 25.2 Å². The summed E-state index contributed by atoms with van der Waals surface area (Å²) in [7, 11) is 0. The second kappa shape index (κ2) is 5.21. The molecule has 5 heteroatoms. The quantitative estimate of drug-likeness (QED) is 0.815. The fourth-order valence-corrected chi connectivity index (χ4v) is 2.84. The van der Waals surface area contributed by atoms with Crippen molar-refractivity contribution in [3.63, 3.8) is 0 Å². The lowest BCUT2D eigenvalue weighted by Crippen LogP contribution is -2.38. The van der Waals surface area contributed by atoms with E-state index in [9.17, 15) is 4.79 Å². The van der Waals surface area contributed by atoms with Gasteiger partial charge in [0.25, 0.3) is 5.91 Å². The summed E-state index contributed by atoms with van der Waals surface area (Å²) in [6, 6.07) is 1.96. The Labute approximate surface area is 105 Å². The van der Waals surface area contributed by atoms with Crippen LogP contribution in [0.15, 0.2) is 16.3 Å². The molecule has 2 rings (SSSR count). The number of amides is 1. The summed E-state index contributed by atoms with van der Waals surface area (Å²) in [6.45, 7) is 3.60. The summed E-state index contributed by atoms with van der Waals surface area (Å²) in [6.07, 6.45) is 1.03. The van der Waals surface area contributed by atoms with Gasteiger partial charge in [0.2, 0.25) is 0 Å². The minimum absolute atomic E-state index is 0.00954. The van der Waals surface area contributed by atoms with Crippen molar-refractivity contribution in [2.45, 2.75) is 24.3 Å². The molecular weight excluding hydrogens is 242 g/mol. The van der Waals surface area contributed by atoms with E-state index in [0.29, 0.717) is 5.92 Å². The van der Waals surface area contributed by atoms with Crippen molar-refractivity contribution in [1.82, 2.24) is 5.32 Å². The molecule has 1 aliphatic heterocycles. The van der Waals surface area contributed by atoms with Gasteiger partial charge in [-0.05, 0) is 19.4 Å². The van der Waals surface area contributed by atoms with Crippen LogP contribution in [0.1, 0.15) is 23.0 Å². The molecule has 2 heterocycles. The Morgan fingerprint density at radius 3 is 3.12 bits per heavy atom. The van der Waals surface area contributed by atoms with E-state index >= 15 is 0 Å². The van der Waals surface area contributed by atoms with Gasteiger partial charge in [-0.2, -0.15) is 0 Å². The van der Waals surface area contributed by atoms with E-state index in [1.165, 1.54) is 11.3 Å². The van der Waals surface area contributed by atoms with Crippen molar-refractivity contribution < 1.29 is 9.53 Å². The second-order valence-corrected chi connectivity index (χ2v) is 5.48. The first-order valence-electron chi connectivity index (χ1n) is 5.33. The molecular formula is C11H15NO2S2. The number of hydrogen-bond donors (Lipinski definition) is 2. The first-order valence-corrected chi connectivity index (χ1v) is 6.65. The average molecular weight is 257 g/mol. The molecule has 1 aromatic heterocycles. The number of carbonyl (C=O) groups excluding carboxylic acids is 1. The van der Waals surface area contributed by atoms with Gasteiger partial charge in [0.15, 0.2) is 0 Å². The molecule has 0 aromatic carbocycles. The largest absolute Gasteiger partial charge is 0.381 e. The Bertz CT molecular complexity index is 372. The normalized spacial score (nSPS) is 22.0. The predicted molar refractivity (Wildman–Crippen MR) is 67.4 cm³/mol. The van der Waals surface area contributed by atoms with E-state index in [0.717, 1.165) is 29.4 Å². The van der Waals surface area contributed by atoms with Crippen molar-refractivity contribution in [2.24, 2.45) is 5.92 Å². The summed E-state index contributed by atoms with van der Waals surface area (Å²) >= 11 is 5.61. The van der Waals surface area contributed by atoms with Crippen LogP contribution in [-0.2, 0) is 4.74 Å². The van der Waals surface area contributed by atoms with Gasteiger partial charge in [0.1, 0.15) is 0 Å². The van der Waals surface area contributed by atoms with Crippen LogP contribution in [0.4, 0.5) is 0 Å². The highest BCUT2D eigenvalue weighted by molar-refractivity contribution is 7.80. The SMILES string of the molecule is CC(NC(=O)c1cc(S)cs1)C1CCOC1. The van der Waals surface area contributed by atoms with Gasteiger partial charge in [-0.1, -0.05) is 0 Å². The summed E-state index contributed by atoms with van der Waals surface area (Å²) in [5, 5.41) is 4.87. The number of nitrogens with one attached hydrogen (secondary N) is 1. The van der Waals surface area contributed by atoms with Gasteiger partial charge in [-0.15, -0.1) is 24.0 Å². The molecule has 0 radical (unpaired) electrons. The fraction of sp³-hybridized carbons (Fsp3) is 0.545. The Hall–Kier alpha value is -0.520. The molecule has 1 aromatic rings. The highest BCUT2D eigenvalue weighted by Gasteiger charge is 2.24. The zero-order valence-electron chi connectivity index (χ0n) is 9.10. The van der Waals surface area contributed by atoms with Crippen LogP contribution in [0.3, 0.4) is 0 Å². The lowest BCUT2D eigenvalue weighted by atomic mass is 10.0. The van der Waals surface area contributed by atoms with Crippen molar-refractivity contribution in [3.05, 3.63) is 16.3 Å². The lowest BCUT2D eigenvalue weighted by Gasteiger charge is -2.18. The molecule has 3 nitrogen and oxygen atoms in total. The van der Waals surface area contributed by atoms with Crippen LogP contribution >= 0.6 is 24.0 Å². The summed E-state index contributed by atoms with van der Waals surface area (Å²) in [5.74, 6) is 0.434. The number of hydrogen-bond acceptors (Lipinski definition) is 4. The highest BCUT2D eigenvalue weighted by Crippen LogP contribution is 2.20. The highest BCUT2D eigenvalue weighted by atomic mass is 32.1. The fourth-order valence-electron chi connectivity index (χ4n) is 1.79. The number of ether oxygens (including phenoxy) is 1.